The van der Waals surface area contributed by atoms with Gasteiger partial charge in [0.1, 0.15) is 5.76 Å². The number of hydrogen-bond acceptors (Lipinski definition) is 4. The molecule has 1 aromatic heterocycles. The second-order valence-electron chi connectivity index (χ2n) is 4.15. The molecule has 1 saturated heterocycles. The van der Waals surface area contributed by atoms with Crippen LogP contribution < -0.4 is 0 Å². The van der Waals surface area contributed by atoms with Crippen LogP contribution >= 0.6 is 0 Å². The number of nitrogens with zero attached hydrogens (tertiary/aromatic N) is 2. The van der Waals surface area contributed by atoms with Gasteiger partial charge < -0.3 is 14.4 Å². The Morgan fingerprint density at radius 3 is 3.07 bits per heavy atom. The first kappa shape index (κ1) is 10.7. The Morgan fingerprint density at radius 1 is 1.53 bits per heavy atom. The van der Waals surface area contributed by atoms with E-state index >= 15 is 0 Å². The summed E-state index contributed by atoms with van der Waals surface area (Å²) in [6, 6.07) is 4.11. The molecule has 4 heteroatoms. The van der Waals surface area contributed by atoms with Gasteiger partial charge in [0.2, 0.25) is 0 Å². The second kappa shape index (κ2) is 4.79. The van der Waals surface area contributed by atoms with E-state index in [1.54, 1.807) is 6.26 Å². The fourth-order valence-electron chi connectivity index (χ4n) is 2.03. The predicted molar refractivity (Wildman–Crippen MR) is 57.5 cm³/mol. The van der Waals surface area contributed by atoms with Crippen LogP contribution in [-0.2, 0) is 6.54 Å². The summed E-state index contributed by atoms with van der Waals surface area (Å²) in [5, 5.41) is 9.31. The SMILES string of the molecule is CN1CCN(Cc2ccco2)C(CO)C1. The van der Waals surface area contributed by atoms with Crippen molar-refractivity contribution in [1.82, 2.24) is 9.80 Å². The van der Waals surface area contributed by atoms with E-state index < -0.39 is 0 Å². The van der Waals surface area contributed by atoms with Crippen LogP contribution in [0.5, 0.6) is 0 Å². The van der Waals surface area contributed by atoms with Crippen LogP contribution in [-0.4, -0.2) is 54.2 Å². The Morgan fingerprint density at radius 2 is 2.40 bits per heavy atom. The van der Waals surface area contributed by atoms with Crippen LogP contribution in [0.15, 0.2) is 22.8 Å². The summed E-state index contributed by atoms with van der Waals surface area (Å²) >= 11 is 0. The molecule has 1 fully saturated rings. The molecule has 1 N–H and O–H groups in total. The van der Waals surface area contributed by atoms with Crippen molar-refractivity contribution in [3.05, 3.63) is 24.2 Å². The average molecular weight is 210 g/mol. The monoisotopic (exact) mass is 210 g/mol. The smallest absolute Gasteiger partial charge is 0.117 e. The molecule has 0 amide bonds. The van der Waals surface area contributed by atoms with Crippen molar-refractivity contribution in [3.8, 4) is 0 Å². The van der Waals surface area contributed by atoms with Crippen molar-refractivity contribution in [2.45, 2.75) is 12.6 Å². The normalized spacial score (nSPS) is 24.5. The van der Waals surface area contributed by atoms with Gasteiger partial charge in [-0.3, -0.25) is 4.90 Å². The highest BCUT2D eigenvalue weighted by Crippen LogP contribution is 2.13. The van der Waals surface area contributed by atoms with Crippen LogP contribution in [0.25, 0.3) is 0 Å². The number of piperazine rings is 1. The van der Waals surface area contributed by atoms with Crippen molar-refractivity contribution < 1.29 is 9.52 Å². The number of furan rings is 1. The minimum Gasteiger partial charge on any atom is -0.468 e. The van der Waals surface area contributed by atoms with Crippen LogP contribution in [0.1, 0.15) is 5.76 Å². The lowest BCUT2D eigenvalue weighted by Gasteiger charge is -2.38. The molecule has 0 bridgehead atoms. The van der Waals surface area contributed by atoms with Crippen molar-refractivity contribution in [2.75, 3.05) is 33.3 Å². The lowest BCUT2D eigenvalue weighted by Crippen LogP contribution is -2.52. The fraction of sp³-hybridized carbons (Fsp3) is 0.636. The summed E-state index contributed by atoms with van der Waals surface area (Å²) < 4.78 is 5.32. The Hall–Kier alpha value is -0.840. The maximum atomic E-state index is 9.31. The minimum atomic E-state index is 0.213. The molecule has 0 aromatic carbocycles. The van der Waals surface area contributed by atoms with E-state index in [1.807, 2.05) is 12.1 Å². The second-order valence-corrected chi connectivity index (χ2v) is 4.15. The van der Waals surface area contributed by atoms with Crippen LogP contribution in [0.3, 0.4) is 0 Å². The van der Waals surface area contributed by atoms with Crippen LogP contribution in [0.4, 0.5) is 0 Å². The summed E-state index contributed by atoms with van der Waals surface area (Å²) in [5.74, 6) is 0.970. The summed E-state index contributed by atoms with van der Waals surface area (Å²) in [5.41, 5.74) is 0. The Kier molecular flexibility index (Phi) is 3.41. The molecule has 1 aromatic rings. The van der Waals surface area contributed by atoms with E-state index in [0.717, 1.165) is 31.9 Å². The fourth-order valence-corrected chi connectivity index (χ4v) is 2.03. The number of likely N-dealkylation sites (N-methyl/N-ethyl adjacent to an activating group) is 1. The molecule has 1 aliphatic rings. The summed E-state index contributed by atoms with van der Waals surface area (Å²) in [7, 11) is 2.09. The Labute approximate surface area is 90.1 Å². The number of aliphatic hydroxyl groups is 1. The average Bonchev–Trinajstić information content (AvgIpc) is 2.73. The Balaban J connectivity index is 1.95. The highest BCUT2D eigenvalue weighted by atomic mass is 16.3. The van der Waals surface area contributed by atoms with E-state index in [2.05, 4.69) is 16.8 Å². The van der Waals surface area contributed by atoms with Crippen molar-refractivity contribution in [3.63, 3.8) is 0 Å². The third-order valence-corrected chi connectivity index (χ3v) is 2.96. The lowest BCUT2D eigenvalue weighted by molar-refractivity contribution is 0.0415. The molecule has 1 atom stereocenters. The minimum absolute atomic E-state index is 0.213. The Bertz CT molecular complexity index is 287. The van der Waals surface area contributed by atoms with E-state index in [-0.39, 0.29) is 12.6 Å². The maximum Gasteiger partial charge on any atom is 0.117 e. The third-order valence-electron chi connectivity index (χ3n) is 2.96. The molecule has 2 heterocycles. The summed E-state index contributed by atoms with van der Waals surface area (Å²) in [6.07, 6.45) is 1.69. The molecule has 0 spiro atoms. The highest BCUT2D eigenvalue weighted by Gasteiger charge is 2.24. The van der Waals surface area contributed by atoms with Crippen LogP contribution in [0.2, 0.25) is 0 Å². The zero-order valence-corrected chi connectivity index (χ0v) is 9.09. The molecular formula is C11H18N2O2. The van der Waals surface area contributed by atoms with Gasteiger partial charge in [-0.05, 0) is 19.2 Å². The molecule has 2 rings (SSSR count). The van der Waals surface area contributed by atoms with Gasteiger partial charge in [0.15, 0.2) is 0 Å². The maximum absolute atomic E-state index is 9.31. The van der Waals surface area contributed by atoms with Gasteiger partial charge in [0, 0.05) is 25.7 Å². The molecule has 1 unspecified atom stereocenters. The number of hydrogen-bond donors (Lipinski definition) is 1. The lowest BCUT2D eigenvalue weighted by atomic mass is 10.2. The first-order chi connectivity index (χ1) is 7.29. The first-order valence-corrected chi connectivity index (χ1v) is 5.35. The van der Waals surface area contributed by atoms with E-state index in [0.29, 0.717) is 0 Å². The molecule has 0 saturated carbocycles. The molecule has 1 aliphatic heterocycles. The molecule has 84 valence electrons. The highest BCUT2D eigenvalue weighted by molar-refractivity contribution is 4.99. The van der Waals surface area contributed by atoms with Crippen molar-refractivity contribution in [1.29, 1.82) is 0 Å². The third kappa shape index (κ3) is 2.59. The van der Waals surface area contributed by atoms with Gasteiger partial charge in [-0.1, -0.05) is 0 Å². The van der Waals surface area contributed by atoms with Crippen molar-refractivity contribution >= 4 is 0 Å². The first-order valence-electron chi connectivity index (χ1n) is 5.35. The van der Waals surface area contributed by atoms with Crippen LogP contribution in [0, 0.1) is 0 Å². The van der Waals surface area contributed by atoms with Gasteiger partial charge in [0.25, 0.3) is 0 Å². The van der Waals surface area contributed by atoms with Gasteiger partial charge in [-0.2, -0.15) is 0 Å². The molecule has 0 aliphatic carbocycles. The molecule has 4 nitrogen and oxygen atoms in total. The van der Waals surface area contributed by atoms with Crippen molar-refractivity contribution in [2.24, 2.45) is 0 Å². The molecule has 15 heavy (non-hydrogen) atoms. The summed E-state index contributed by atoms with van der Waals surface area (Å²) in [4.78, 5) is 4.53. The van der Waals surface area contributed by atoms with Gasteiger partial charge in [-0.15, -0.1) is 0 Å². The van der Waals surface area contributed by atoms with E-state index in [1.165, 1.54) is 0 Å². The molecular weight excluding hydrogens is 192 g/mol. The van der Waals surface area contributed by atoms with E-state index in [4.69, 9.17) is 4.42 Å². The zero-order valence-electron chi connectivity index (χ0n) is 9.09. The van der Waals surface area contributed by atoms with Gasteiger partial charge in [0.05, 0.1) is 19.4 Å². The molecule has 0 radical (unpaired) electrons. The quantitative estimate of drug-likeness (QED) is 0.783. The topological polar surface area (TPSA) is 39.9 Å². The zero-order chi connectivity index (χ0) is 10.7. The van der Waals surface area contributed by atoms with E-state index in [9.17, 15) is 5.11 Å². The number of aliphatic hydroxyl groups excluding tert-OH is 1. The largest absolute Gasteiger partial charge is 0.468 e. The van der Waals surface area contributed by atoms with Gasteiger partial charge in [-0.25, -0.2) is 0 Å². The number of rotatable bonds is 3. The predicted octanol–water partition coefficient (Wildman–Crippen LogP) is 0.388. The standard InChI is InChI=1S/C11H18N2O2/c1-12-4-5-13(10(7-12)9-14)8-11-3-2-6-15-11/h2-3,6,10,14H,4-5,7-9H2,1H3. The van der Waals surface area contributed by atoms with Gasteiger partial charge >= 0.3 is 0 Å². The summed E-state index contributed by atoms with van der Waals surface area (Å²) in [6.45, 7) is 3.98.